The Labute approximate surface area is 118 Å². The maximum atomic E-state index is 11.8. The van der Waals surface area contributed by atoms with Crippen molar-refractivity contribution in [1.82, 2.24) is 10.2 Å². The zero-order chi connectivity index (χ0) is 14.3. The Balaban J connectivity index is 2.28. The number of benzene rings is 1. The molecule has 1 aromatic rings. The molecule has 6 heteroatoms. The van der Waals surface area contributed by atoms with Gasteiger partial charge in [-0.15, -0.1) is 0 Å². The highest BCUT2D eigenvalue weighted by molar-refractivity contribution is 6.34. The molecule has 0 unspecified atom stereocenters. The zero-order valence-electron chi connectivity index (χ0n) is 11.3. The molecule has 0 aliphatic rings. The SMILES string of the molecule is CN(C)CCOCCNC(=O)c1ccc(N)cc1Cl. The Morgan fingerprint density at radius 2 is 2.16 bits per heavy atom. The van der Waals surface area contributed by atoms with Crippen LogP contribution in [0.5, 0.6) is 0 Å². The van der Waals surface area contributed by atoms with E-state index in [1.54, 1.807) is 18.2 Å². The molecular weight excluding hydrogens is 266 g/mol. The molecule has 1 rings (SSSR count). The van der Waals surface area contributed by atoms with E-state index in [4.69, 9.17) is 22.1 Å². The van der Waals surface area contributed by atoms with Gasteiger partial charge in [0.25, 0.3) is 5.91 Å². The summed E-state index contributed by atoms with van der Waals surface area (Å²) in [7, 11) is 3.96. The van der Waals surface area contributed by atoms with Crippen LogP contribution in [0, 0.1) is 0 Å². The second kappa shape index (κ2) is 7.99. The molecule has 0 aromatic heterocycles. The summed E-state index contributed by atoms with van der Waals surface area (Å²) in [6.07, 6.45) is 0. The van der Waals surface area contributed by atoms with E-state index in [2.05, 4.69) is 5.32 Å². The molecule has 5 nitrogen and oxygen atoms in total. The fourth-order valence-electron chi connectivity index (χ4n) is 1.40. The van der Waals surface area contributed by atoms with Crippen molar-refractivity contribution in [3.63, 3.8) is 0 Å². The monoisotopic (exact) mass is 285 g/mol. The molecule has 0 aliphatic heterocycles. The van der Waals surface area contributed by atoms with Crippen molar-refractivity contribution in [1.29, 1.82) is 0 Å². The molecule has 1 aromatic carbocycles. The molecule has 19 heavy (non-hydrogen) atoms. The van der Waals surface area contributed by atoms with Gasteiger partial charge in [0.1, 0.15) is 0 Å². The van der Waals surface area contributed by atoms with Crippen LogP contribution in [-0.2, 0) is 4.74 Å². The van der Waals surface area contributed by atoms with E-state index in [1.807, 2.05) is 19.0 Å². The molecule has 0 spiro atoms. The van der Waals surface area contributed by atoms with Crippen molar-refractivity contribution in [3.05, 3.63) is 28.8 Å². The molecule has 0 fully saturated rings. The molecule has 0 saturated heterocycles. The number of carbonyl (C=O) groups is 1. The molecule has 0 atom stereocenters. The van der Waals surface area contributed by atoms with Crippen molar-refractivity contribution in [2.45, 2.75) is 0 Å². The largest absolute Gasteiger partial charge is 0.399 e. The minimum atomic E-state index is -0.221. The molecule has 1 amide bonds. The Hall–Kier alpha value is -1.30. The van der Waals surface area contributed by atoms with Gasteiger partial charge in [0.2, 0.25) is 0 Å². The smallest absolute Gasteiger partial charge is 0.252 e. The molecule has 106 valence electrons. The Bertz CT molecular complexity index is 424. The Morgan fingerprint density at radius 3 is 2.79 bits per heavy atom. The average molecular weight is 286 g/mol. The maximum Gasteiger partial charge on any atom is 0.252 e. The van der Waals surface area contributed by atoms with Gasteiger partial charge in [0, 0.05) is 18.8 Å². The van der Waals surface area contributed by atoms with Crippen molar-refractivity contribution in [2.75, 3.05) is 46.1 Å². The first-order chi connectivity index (χ1) is 9.00. The van der Waals surface area contributed by atoms with E-state index < -0.39 is 0 Å². The Morgan fingerprint density at radius 1 is 1.42 bits per heavy atom. The van der Waals surface area contributed by atoms with Gasteiger partial charge in [0.15, 0.2) is 0 Å². The van der Waals surface area contributed by atoms with Gasteiger partial charge in [-0.05, 0) is 32.3 Å². The first kappa shape index (κ1) is 15.8. The molecular formula is C13H20ClN3O2. The van der Waals surface area contributed by atoms with Gasteiger partial charge in [-0.2, -0.15) is 0 Å². The number of nitrogens with two attached hydrogens (primary N) is 1. The summed E-state index contributed by atoms with van der Waals surface area (Å²) in [5.41, 5.74) is 6.52. The highest BCUT2D eigenvalue weighted by atomic mass is 35.5. The van der Waals surface area contributed by atoms with Crippen LogP contribution in [0.4, 0.5) is 5.69 Å². The van der Waals surface area contributed by atoms with Crippen LogP contribution in [0.1, 0.15) is 10.4 Å². The summed E-state index contributed by atoms with van der Waals surface area (Å²) < 4.78 is 5.37. The maximum absolute atomic E-state index is 11.8. The van der Waals surface area contributed by atoms with Crippen LogP contribution in [0.15, 0.2) is 18.2 Å². The number of hydrogen-bond acceptors (Lipinski definition) is 4. The molecule has 0 radical (unpaired) electrons. The highest BCUT2D eigenvalue weighted by Crippen LogP contribution is 2.18. The average Bonchev–Trinajstić information content (AvgIpc) is 2.32. The first-order valence-corrected chi connectivity index (χ1v) is 6.44. The van der Waals surface area contributed by atoms with Crippen LogP contribution in [-0.4, -0.2) is 51.2 Å². The predicted molar refractivity (Wildman–Crippen MR) is 77.6 cm³/mol. The lowest BCUT2D eigenvalue weighted by Crippen LogP contribution is -2.28. The van der Waals surface area contributed by atoms with Crippen molar-refractivity contribution in [3.8, 4) is 0 Å². The molecule has 0 aliphatic carbocycles. The van der Waals surface area contributed by atoms with Crippen molar-refractivity contribution in [2.24, 2.45) is 0 Å². The third kappa shape index (κ3) is 5.92. The Kier molecular flexibility index (Phi) is 6.62. The van der Waals surface area contributed by atoms with Crippen molar-refractivity contribution >= 4 is 23.2 Å². The molecule has 0 saturated carbocycles. The van der Waals surface area contributed by atoms with Crippen LogP contribution in [0.2, 0.25) is 5.02 Å². The van der Waals surface area contributed by atoms with E-state index in [0.29, 0.717) is 36.0 Å². The summed E-state index contributed by atoms with van der Waals surface area (Å²) in [6.45, 7) is 2.43. The van der Waals surface area contributed by atoms with Gasteiger partial charge in [-0.25, -0.2) is 0 Å². The van der Waals surface area contributed by atoms with E-state index in [9.17, 15) is 4.79 Å². The third-order valence-corrected chi connectivity index (χ3v) is 2.77. The van der Waals surface area contributed by atoms with Gasteiger partial charge < -0.3 is 20.7 Å². The number of nitrogens with zero attached hydrogens (tertiary/aromatic N) is 1. The second-order valence-electron chi connectivity index (χ2n) is 4.41. The minimum absolute atomic E-state index is 0.221. The van der Waals surface area contributed by atoms with Crippen LogP contribution < -0.4 is 11.1 Å². The lowest BCUT2D eigenvalue weighted by Gasteiger charge is -2.10. The summed E-state index contributed by atoms with van der Waals surface area (Å²) in [4.78, 5) is 13.9. The lowest BCUT2D eigenvalue weighted by molar-refractivity contribution is 0.0900. The van der Waals surface area contributed by atoms with Gasteiger partial charge in [0.05, 0.1) is 23.8 Å². The third-order valence-electron chi connectivity index (χ3n) is 2.45. The van der Waals surface area contributed by atoms with Gasteiger partial charge in [-0.1, -0.05) is 11.6 Å². The van der Waals surface area contributed by atoms with E-state index >= 15 is 0 Å². The van der Waals surface area contributed by atoms with E-state index in [1.165, 1.54) is 0 Å². The van der Waals surface area contributed by atoms with E-state index in [0.717, 1.165) is 6.54 Å². The topological polar surface area (TPSA) is 67.6 Å². The number of halogens is 1. The summed E-state index contributed by atoms with van der Waals surface area (Å²) >= 11 is 5.94. The number of nitrogens with one attached hydrogen (secondary N) is 1. The summed E-state index contributed by atoms with van der Waals surface area (Å²) in [5, 5.41) is 3.10. The highest BCUT2D eigenvalue weighted by Gasteiger charge is 2.09. The quantitative estimate of drug-likeness (QED) is 0.584. The van der Waals surface area contributed by atoms with Crippen LogP contribution in [0.25, 0.3) is 0 Å². The number of rotatable bonds is 7. The predicted octanol–water partition coefficient (Wildman–Crippen LogP) is 1.23. The number of carbonyl (C=O) groups excluding carboxylic acids is 1. The standard InChI is InChI=1S/C13H20ClN3O2/c1-17(2)6-8-19-7-5-16-13(18)11-4-3-10(15)9-12(11)14/h3-4,9H,5-8,15H2,1-2H3,(H,16,18). The number of amides is 1. The second-order valence-corrected chi connectivity index (χ2v) is 4.82. The fourth-order valence-corrected chi connectivity index (χ4v) is 1.67. The fraction of sp³-hybridized carbons (Fsp3) is 0.462. The van der Waals surface area contributed by atoms with Crippen LogP contribution >= 0.6 is 11.6 Å². The minimum Gasteiger partial charge on any atom is -0.399 e. The normalized spacial score (nSPS) is 10.7. The number of nitrogen functional groups attached to an aromatic ring is 1. The number of anilines is 1. The zero-order valence-corrected chi connectivity index (χ0v) is 12.0. The van der Waals surface area contributed by atoms with Crippen LogP contribution in [0.3, 0.4) is 0 Å². The molecule has 0 bridgehead atoms. The number of ether oxygens (including phenoxy) is 1. The summed E-state index contributed by atoms with van der Waals surface area (Å²) in [5.74, 6) is -0.221. The molecule has 0 heterocycles. The van der Waals surface area contributed by atoms with Gasteiger partial charge in [-0.3, -0.25) is 4.79 Å². The number of hydrogen-bond donors (Lipinski definition) is 2. The van der Waals surface area contributed by atoms with E-state index in [-0.39, 0.29) is 5.91 Å². The first-order valence-electron chi connectivity index (χ1n) is 6.06. The lowest BCUT2D eigenvalue weighted by atomic mass is 10.2. The van der Waals surface area contributed by atoms with Crippen molar-refractivity contribution < 1.29 is 9.53 Å². The molecule has 3 N–H and O–H groups in total. The summed E-state index contributed by atoms with van der Waals surface area (Å²) in [6, 6.07) is 4.82. The number of likely N-dealkylation sites (N-methyl/N-ethyl adjacent to an activating group) is 1. The van der Waals surface area contributed by atoms with Gasteiger partial charge >= 0.3 is 0 Å².